The highest BCUT2D eigenvalue weighted by Gasteiger charge is 1.96. The van der Waals surface area contributed by atoms with Crippen molar-refractivity contribution in [2.24, 2.45) is 0 Å². The number of rotatable bonds is 2. The second kappa shape index (κ2) is 4.67. The maximum absolute atomic E-state index is 12.9. The molecule has 1 aromatic carbocycles. The Balaban J connectivity index is 2.89. The third-order valence-corrected chi connectivity index (χ3v) is 2.21. The zero-order chi connectivity index (χ0) is 8.97. The van der Waals surface area contributed by atoms with E-state index in [1.165, 1.54) is 6.07 Å². The largest absolute Gasteiger partial charge is 0.206 e. The van der Waals surface area contributed by atoms with Crippen LogP contribution in [-0.4, -0.2) is 5.75 Å². The number of halogens is 2. The van der Waals surface area contributed by atoms with Crippen molar-refractivity contribution in [2.75, 3.05) is 5.75 Å². The maximum Gasteiger partial charge on any atom is 0.137 e. The number of hydrogen-bond donors (Lipinski definition) is 1. The third-order valence-electron chi connectivity index (χ3n) is 1.36. The number of benzene rings is 1. The summed E-state index contributed by atoms with van der Waals surface area (Å²) in [5.74, 6) is 0.425. The molecule has 0 saturated heterocycles. The van der Waals surface area contributed by atoms with Crippen LogP contribution in [0.3, 0.4) is 0 Å². The van der Waals surface area contributed by atoms with Crippen molar-refractivity contribution in [3.8, 4) is 0 Å². The Morgan fingerprint density at radius 2 is 2.25 bits per heavy atom. The number of hydrogen-bond acceptors (Lipinski definition) is 1. The van der Waals surface area contributed by atoms with Gasteiger partial charge >= 0.3 is 0 Å². The molecule has 0 bridgehead atoms. The molecule has 0 spiro atoms. The fraction of sp³-hybridized carbons (Fsp3) is 0.111. The lowest BCUT2D eigenvalue weighted by Gasteiger charge is -1.95. The quantitative estimate of drug-likeness (QED) is 0.759. The summed E-state index contributed by atoms with van der Waals surface area (Å²) in [4.78, 5) is 0. The van der Waals surface area contributed by atoms with Crippen LogP contribution in [0, 0.1) is 5.82 Å². The fourth-order valence-electron chi connectivity index (χ4n) is 0.805. The van der Waals surface area contributed by atoms with Gasteiger partial charge in [0.15, 0.2) is 0 Å². The highest BCUT2D eigenvalue weighted by molar-refractivity contribution is 9.10. The van der Waals surface area contributed by atoms with E-state index in [1.807, 2.05) is 18.2 Å². The van der Waals surface area contributed by atoms with Crippen molar-refractivity contribution in [3.05, 3.63) is 40.1 Å². The molecule has 0 radical (unpaired) electrons. The molecule has 0 saturated carbocycles. The average molecular weight is 247 g/mol. The monoisotopic (exact) mass is 246 g/mol. The van der Waals surface area contributed by atoms with Gasteiger partial charge in [0.2, 0.25) is 0 Å². The predicted octanol–water partition coefficient (Wildman–Crippen LogP) is 3.53. The molecule has 64 valence electrons. The summed E-state index contributed by atoms with van der Waals surface area (Å²) >= 11 is 7.09. The van der Waals surface area contributed by atoms with Crippen molar-refractivity contribution >= 4 is 34.6 Å². The molecule has 0 heterocycles. The van der Waals surface area contributed by atoms with Gasteiger partial charge in [-0.2, -0.15) is 12.6 Å². The van der Waals surface area contributed by atoms with Crippen molar-refractivity contribution in [1.29, 1.82) is 0 Å². The van der Waals surface area contributed by atoms with Gasteiger partial charge < -0.3 is 0 Å². The Morgan fingerprint density at radius 1 is 1.50 bits per heavy atom. The first-order valence-corrected chi connectivity index (χ1v) is 4.89. The third kappa shape index (κ3) is 2.64. The minimum atomic E-state index is -0.240. The molecule has 0 unspecified atom stereocenters. The molecule has 0 N–H and O–H groups in total. The number of thiol groups is 1. The first-order valence-electron chi connectivity index (χ1n) is 3.46. The summed E-state index contributed by atoms with van der Waals surface area (Å²) in [5.41, 5.74) is 0.852. The first-order chi connectivity index (χ1) is 5.74. The first kappa shape index (κ1) is 9.81. The van der Waals surface area contributed by atoms with Gasteiger partial charge in [-0.15, -0.1) is 0 Å². The highest BCUT2D eigenvalue weighted by atomic mass is 79.9. The fourth-order valence-corrected chi connectivity index (χ4v) is 1.16. The van der Waals surface area contributed by atoms with E-state index in [4.69, 9.17) is 0 Å². The lowest BCUT2D eigenvalue weighted by atomic mass is 10.2. The van der Waals surface area contributed by atoms with Gasteiger partial charge in [0, 0.05) is 5.75 Å². The van der Waals surface area contributed by atoms with Crippen LogP contribution in [0.2, 0.25) is 0 Å². The minimum Gasteiger partial charge on any atom is -0.206 e. The summed E-state index contributed by atoms with van der Waals surface area (Å²) < 4.78 is 13.4. The van der Waals surface area contributed by atoms with Crippen LogP contribution >= 0.6 is 28.6 Å². The Kier molecular flexibility index (Phi) is 3.82. The lowest BCUT2D eigenvalue weighted by molar-refractivity contribution is 0.621. The molecule has 0 aliphatic heterocycles. The zero-order valence-electron chi connectivity index (χ0n) is 6.30. The Hall–Kier alpha value is -0.280. The summed E-state index contributed by atoms with van der Waals surface area (Å²) in [6.45, 7) is 0. The molecule has 0 aliphatic rings. The van der Waals surface area contributed by atoms with Gasteiger partial charge in [-0.3, -0.25) is 0 Å². The average Bonchev–Trinajstić information content (AvgIpc) is 2.07. The molecule has 0 fully saturated rings. The molecule has 1 aromatic rings. The SMILES string of the molecule is Fc1cc(C=CCS)ccc1Br. The van der Waals surface area contributed by atoms with E-state index in [-0.39, 0.29) is 5.82 Å². The van der Waals surface area contributed by atoms with Crippen LogP contribution in [0.15, 0.2) is 28.7 Å². The summed E-state index contributed by atoms with van der Waals surface area (Å²) in [5, 5.41) is 0. The highest BCUT2D eigenvalue weighted by Crippen LogP contribution is 2.16. The molecule has 1 rings (SSSR count). The Morgan fingerprint density at radius 3 is 2.83 bits per heavy atom. The zero-order valence-corrected chi connectivity index (χ0v) is 8.78. The van der Waals surface area contributed by atoms with E-state index in [0.29, 0.717) is 10.2 Å². The smallest absolute Gasteiger partial charge is 0.137 e. The molecule has 0 amide bonds. The predicted molar refractivity (Wildman–Crippen MR) is 57.0 cm³/mol. The van der Waals surface area contributed by atoms with Gasteiger partial charge in [0.1, 0.15) is 5.82 Å². The van der Waals surface area contributed by atoms with E-state index in [9.17, 15) is 4.39 Å². The lowest BCUT2D eigenvalue weighted by Crippen LogP contribution is -1.78. The second-order valence-electron chi connectivity index (χ2n) is 2.26. The van der Waals surface area contributed by atoms with E-state index in [1.54, 1.807) is 6.07 Å². The molecular weight excluding hydrogens is 239 g/mol. The van der Waals surface area contributed by atoms with Crippen LogP contribution in [-0.2, 0) is 0 Å². The second-order valence-corrected chi connectivity index (χ2v) is 3.48. The van der Waals surface area contributed by atoms with Crippen LogP contribution < -0.4 is 0 Å². The van der Waals surface area contributed by atoms with Crippen molar-refractivity contribution in [1.82, 2.24) is 0 Å². The van der Waals surface area contributed by atoms with Crippen LogP contribution in [0.5, 0.6) is 0 Å². The molecular formula is C9H8BrFS. The molecule has 0 nitrogen and oxygen atoms in total. The van der Waals surface area contributed by atoms with Crippen LogP contribution in [0.4, 0.5) is 4.39 Å². The molecule has 0 atom stereocenters. The van der Waals surface area contributed by atoms with Gasteiger partial charge in [0.05, 0.1) is 4.47 Å². The standard InChI is InChI=1S/C9H8BrFS/c10-8-4-3-7(2-1-5-12)6-9(8)11/h1-4,6,12H,5H2. The summed E-state index contributed by atoms with van der Waals surface area (Å²) in [6, 6.07) is 5.00. The Bertz CT molecular complexity index is 297. The van der Waals surface area contributed by atoms with E-state index in [0.717, 1.165) is 5.56 Å². The van der Waals surface area contributed by atoms with E-state index < -0.39 is 0 Å². The molecule has 0 aliphatic carbocycles. The van der Waals surface area contributed by atoms with Crippen molar-refractivity contribution in [2.45, 2.75) is 0 Å². The van der Waals surface area contributed by atoms with Gasteiger partial charge in [-0.05, 0) is 33.6 Å². The van der Waals surface area contributed by atoms with Crippen molar-refractivity contribution in [3.63, 3.8) is 0 Å². The van der Waals surface area contributed by atoms with Crippen LogP contribution in [0.25, 0.3) is 6.08 Å². The van der Waals surface area contributed by atoms with Gasteiger partial charge in [-0.1, -0.05) is 18.2 Å². The summed E-state index contributed by atoms with van der Waals surface area (Å²) in [6.07, 6.45) is 3.70. The normalized spacial score (nSPS) is 10.9. The van der Waals surface area contributed by atoms with Crippen molar-refractivity contribution < 1.29 is 4.39 Å². The Labute approximate surface area is 85.0 Å². The molecule has 12 heavy (non-hydrogen) atoms. The van der Waals surface area contributed by atoms with Crippen LogP contribution in [0.1, 0.15) is 5.56 Å². The summed E-state index contributed by atoms with van der Waals surface area (Å²) in [7, 11) is 0. The molecule has 3 heteroatoms. The van der Waals surface area contributed by atoms with E-state index in [2.05, 4.69) is 28.6 Å². The van der Waals surface area contributed by atoms with Gasteiger partial charge in [0.25, 0.3) is 0 Å². The maximum atomic E-state index is 12.9. The molecule has 0 aromatic heterocycles. The minimum absolute atomic E-state index is 0.240. The topological polar surface area (TPSA) is 0 Å². The van der Waals surface area contributed by atoms with Gasteiger partial charge in [-0.25, -0.2) is 4.39 Å². The van der Waals surface area contributed by atoms with E-state index >= 15 is 0 Å².